The third kappa shape index (κ3) is 2.40. The van der Waals surface area contributed by atoms with E-state index in [1.54, 1.807) is 0 Å². The minimum atomic E-state index is 0.589. The van der Waals surface area contributed by atoms with Gasteiger partial charge in [-0.15, -0.1) is 0 Å². The van der Waals surface area contributed by atoms with Crippen molar-refractivity contribution in [1.82, 2.24) is 14.9 Å². The Kier molecular flexibility index (Phi) is 3.41. The van der Waals surface area contributed by atoms with Crippen LogP contribution in [-0.4, -0.2) is 22.6 Å². The van der Waals surface area contributed by atoms with Crippen molar-refractivity contribution in [2.75, 3.05) is 7.05 Å². The van der Waals surface area contributed by atoms with Gasteiger partial charge in [0.1, 0.15) is 0 Å². The van der Waals surface area contributed by atoms with E-state index in [9.17, 15) is 0 Å². The van der Waals surface area contributed by atoms with Crippen molar-refractivity contribution in [3.8, 4) is 0 Å². The summed E-state index contributed by atoms with van der Waals surface area (Å²) in [5, 5.41) is 3.27. The monoisotopic (exact) mass is 207 g/mol. The molecular weight excluding hydrogens is 186 g/mol. The van der Waals surface area contributed by atoms with Crippen LogP contribution in [0.2, 0.25) is 0 Å². The second kappa shape index (κ2) is 4.79. The van der Waals surface area contributed by atoms with E-state index in [1.165, 1.54) is 43.5 Å². The van der Waals surface area contributed by atoms with E-state index in [2.05, 4.69) is 21.8 Å². The number of aryl methyl sites for hydroxylation is 2. The molecule has 0 saturated carbocycles. The van der Waals surface area contributed by atoms with Crippen LogP contribution in [0.15, 0.2) is 6.33 Å². The Morgan fingerprint density at radius 1 is 1.47 bits per heavy atom. The minimum Gasteiger partial charge on any atom is -0.334 e. The molecule has 1 aliphatic carbocycles. The van der Waals surface area contributed by atoms with Crippen molar-refractivity contribution in [2.45, 2.75) is 51.6 Å². The minimum absolute atomic E-state index is 0.589. The maximum Gasteiger partial charge on any atom is 0.0951 e. The molecule has 1 unspecified atom stereocenters. The predicted molar refractivity (Wildman–Crippen MR) is 62.0 cm³/mol. The topological polar surface area (TPSA) is 29.9 Å². The van der Waals surface area contributed by atoms with Gasteiger partial charge in [-0.3, -0.25) is 0 Å². The summed E-state index contributed by atoms with van der Waals surface area (Å²) in [7, 11) is 2.02. The molecule has 0 radical (unpaired) electrons. The molecular formula is C12H21N3. The van der Waals surface area contributed by atoms with Crippen LogP contribution in [0.25, 0.3) is 0 Å². The van der Waals surface area contributed by atoms with Crippen LogP contribution >= 0.6 is 0 Å². The van der Waals surface area contributed by atoms with Gasteiger partial charge in [-0.2, -0.15) is 0 Å². The van der Waals surface area contributed by atoms with Crippen LogP contribution in [0.5, 0.6) is 0 Å². The van der Waals surface area contributed by atoms with Gasteiger partial charge in [0, 0.05) is 18.3 Å². The van der Waals surface area contributed by atoms with E-state index in [1.807, 2.05) is 13.4 Å². The Balaban J connectivity index is 1.99. The van der Waals surface area contributed by atoms with E-state index in [0.29, 0.717) is 6.04 Å². The molecule has 84 valence electrons. The zero-order valence-electron chi connectivity index (χ0n) is 9.79. The average Bonchev–Trinajstić information content (AvgIpc) is 2.69. The standard InChI is InChI=1S/C12H21N3/c1-10(13-2)7-8-15-9-14-11-5-3-4-6-12(11)15/h9-10,13H,3-8H2,1-2H3. The molecule has 0 spiro atoms. The Labute approximate surface area is 91.9 Å². The van der Waals surface area contributed by atoms with Crippen LogP contribution in [-0.2, 0) is 19.4 Å². The molecule has 0 saturated heterocycles. The van der Waals surface area contributed by atoms with Crippen molar-refractivity contribution < 1.29 is 0 Å². The van der Waals surface area contributed by atoms with Gasteiger partial charge in [0.25, 0.3) is 0 Å². The molecule has 0 aromatic carbocycles. The molecule has 15 heavy (non-hydrogen) atoms. The Hall–Kier alpha value is -0.830. The number of aromatic nitrogens is 2. The number of nitrogens with one attached hydrogen (secondary N) is 1. The van der Waals surface area contributed by atoms with Crippen molar-refractivity contribution in [3.05, 3.63) is 17.7 Å². The molecule has 0 fully saturated rings. The molecule has 1 aliphatic rings. The van der Waals surface area contributed by atoms with Gasteiger partial charge in [-0.05, 0) is 46.1 Å². The fraction of sp³-hybridized carbons (Fsp3) is 0.750. The quantitative estimate of drug-likeness (QED) is 0.815. The maximum atomic E-state index is 4.50. The number of hydrogen-bond donors (Lipinski definition) is 1. The lowest BCUT2D eigenvalue weighted by atomic mass is 10.0. The predicted octanol–water partition coefficient (Wildman–Crippen LogP) is 1.76. The van der Waals surface area contributed by atoms with Crippen molar-refractivity contribution in [2.24, 2.45) is 0 Å². The van der Waals surface area contributed by atoms with Gasteiger partial charge in [0.2, 0.25) is 0 Å². The molecule has 1 atom stereocenters. The first-order valence-electron chi connectivity index (χ1n) is 6.01. The van der Waals surface area contributed by atoms with Crippen LogP contribution in [0.3, 0.4) is 0 Å². The zero-order valence-corrected chi connectivity index (χ0v) is 9.79. The molecule has 2 rings (SSSR count). The van der Waals surface area contributed by atoms with Gasteiger partial charge in [-0.25, -0.2) is 4.98 Å². The fourth-order valence-corrected chi connectivity index (χ4v) is 2.20. The van der Waals surface area contributed by atoms with Gasteiger partial charge >= 0.3 is 0 Å². The van der Waals surface area contributed by atoms with E-state index in [-0.39, 0.29) is 0 Å². The third-order valence-electron chi connectivity index (χ3n) is 3.41. The highest BCUT2D eigenvalue weighted by atomic mass is 15.1. The lowest BCUT2D eigenvalue weighted by molar-refractivity contribution is 0.496. The lowest BCUT2D eigenvalue weighted by Gasteiger charge is -2.15. The van der Waals surface area contributed by atoms with Crippen LogP contribution in [0.1, 0.15) is 37.6 Å². The molecule has 0 bridgehead atoms. The third-order valence-corrected chi connectivity index (χ3v) is 3.41. The molecule has 1 heterocycles. The fourth-order valence-electron chi connectivity index (χ4n) is 2.20. The number of imidazole rings is 1. The first kappa shape index (κ1) is 10.7. The second-order valence-corrected chi connectivity index (χ2v) is 4.52. The molecule has 3 heteroatoms. The largest absolute Gasteiger partial charge is 0.334 e. The molecule has 0 amide bonds. The van der Waals surface area contributed by atoms with Crippen LogP contribution in [0.4, 0.5) is 0 Å². The van der Waals surface area contributed by atoms with E-state index < -0.39 is 0 Å². The Bertz CT molecular complexity index is 317. The second-order valence-electron chi connectivity index (χ2n) is 4.52. The molecule has 1 aromatic rings. The SMILES string of the molecule is CNC(C)CCn1cnc2c1CCCC2. The molecule has 1 N–H and O–H groups in total. The van der Waals surface area contributed by atoms with Crippen molar-refractivity contribution in [3.63, 3.8) is 0 Å². The highest BCUT2D eigenvalue weighted by Crippen LogP contribution is 2.20. The summed E-state index contributed by atoms with van der Waals surface area (Å²) >= 11 is 0. The van der Waals surface area contributed by atoms with Crippen molar-refractivity contribution in [1.29, 1.82) is 0 Å². The van der Waals surface area contributed by atoms with E-state index >= 15 is 0 Å². The van der Waals surface area contributed by atoms with Gasteiger partial charge < -0.3 is 9.88 Å². The summed E-state index contributed by atoms with van der Waals surface area (Å²) in [4.78, 5) is 4.50. The van der Waals surface area contributed by atoms with Gasteiger partial charge in [0.15, 0.2) is 0 Å². The number of nitrogens with zero attached hydrogens (tertiary/aromatic N) is 2. The molecule has 0 aliphatic heterocycles. The first-order valence-corrected chi connectivity index (χ1v) is 6.01. The number of hydrogen-bond acceptors (Lipinski definition) is 2. The van der Waals surface area contributed by atoms with E-state index in [4.69, 9.17) is 0 Å². The lowest BCUT2D eigenvalue weighted by Crippen LogP contribution is -2.23. The van der Waals surface area contributed by atoms with Crippen molar-refractivity contribution >= 4 is 0 Å². The van der Waals surface area contributed by atoms with Crippen LogP contribution < -0.4 is 5.32 Å². The highest BCUT2D eigenvalue weighted by Gasteiger charge is 2.14. The van der Waals surface area contributed by atoms with Crippen LogP contribution in [0, 0.1) is 0 Å². The summed E-state index contributed by atoms with van der Waals surface area (Å²) in [5.41, 5.74) is 2.84. The number of rotatable bonds is 4. The average molecular weight is 207 g/mol. The van der Waals surface area contributed by atoms with Gasteiger partial charge in [-0.1, -0.05) is 0 Å². The Morgan fingerprint density at radius 3 is 3.07 bits per heavy atom. The zero-order chi connectivity index (χ0) is 10.7. The highest BCUT2D eigenvalue weighted by molar-refractivity contribution is 5.16. The smallest absolute Gasteiger partial charge is 0.0951 e. The Morgan fingerprint density at radius 2 is 2.27 bits per heavy atom. The summed E-state index contributed by atoms with van der Waals surface area (Å²) in [6.45, 7) is 3.33. The summed E-state index contributed by atoms with van der Waals surface area (Å²) in [5.74, 6) is 0. The summed E-state index contributed by atoms with van der Waals surface area (Å²) in [6, 6.07) is 0.589. The molecule has 1 aromatic heterocycles. The summed E-state index contributed by atoms with van der Waals surface area (Å²) in [6.07, 6.45) is 8.27. The normalized spacial score (nSPS) is 17.5. The van der Waals surface area contributed by atoms with Gasteiger partial charge in [0.05, 0.1) is 12.0 Å². The maximum absolute atomic E-state index is 4.50. The summed E-state index contributed by atoms with van der Waals surface area (Å²) < 4.78 is 2.35. The first-order chi connectivity index (χ1) is 7.31. The van der Waals surface area contributed by atoms with E-state index in [0.717, 1.165) is 6.54 Å². The molecule has 3 nitrogen and oxygen atoms in total. The number of fused-ring (bicyclic) bond motifs is 1.